The van der Waals surface area contributed by atoms with Crippen LogP contribution in [-0.2, 0) is 0 Å². The van der Waals surface area contributed by atoms with Crippen molar-refractivity contribution < 1.29 is 4.79 Å². The Bertz CT molecular complexity index is 668. The molecule has 1 aliphatic rings. The Hall–Kier alpha value is -2.15. The first-order chi connectivity index (χ1) is 11.7. The Morgan fingerprint density at radius 1 is 1.25 bits per heavy atom. The zero-order valence-electron chi connectivity index (χ0n) is 13.9. The van der Waals surface area contributed by atoms with Crippen molar-refractivity contribution in [2.45, 2.75) is 26.2 Å². The van der Waals surface area contributed by atoms with Gasteiger partial charge in [-0.15, -0.1) is 0 Å². The van der Waals surface area contributed by atoms with Gasteiger partial charge in [0, 0.05) is 48.9 Å². The predicted octanol–water partition coefficient (Wildman–Crippen LogP) is 2.68. The van der Waals surface area contributed by atoms with Crippen molar-refractivity contribution in [1.29, 1.82) is 0 Å². The minimum atomic E-state index is -0.0442. The molecule has 2 aromatic rings. The van der Waals surface area contributed by atoms with Crippen LogP contribution in [0.2, 0.25) is 0 Å². The molecule has 0 bridgehead atoms. The fraction of sp³-hybridized carbons (Fsp3) is 0.471. The van der Waals surface area contributed by atoms with E-state index in [4.69, 9.17) is 0 Å². The second kappa shape index (κ2) is 8.10. The van der Waals surface area contributed by atoms with Crippen LogP contribution in [0, 0.1) is 6.92 Å². The molecule has 0 aliphatic carbocycles. The summed E-state index contributed by atoms with van der Waals surface area (Å²) >= 11 is 1.52. The monoisotopic (exact) mass is 345 g/mol. The van der Waals surface area contributed by atoms with Crippen LogP contribution in [0.1, 0.15) is 35.3 Å². The predicted molar refractivity (Wildman–Crippen MR) is 98.0 cm³/mol. The average molecular weight is 345 g/mol. The molecule has 1 saturated heterocycles. The molecule has 1 aliphatic heterocycles. The van der Waals surface area contributed by atoms with Crippen LogP contribution in [0.5, 0.6) is 0 Å². The third kappa shape index (κ3) is 4.44. The Labute approximate surface area is 146 Å². The van der Waals surface area contributed by atoms with E-state index in [0.717, 1.165) is 24.6 Å². The van der Waals surface area contributed by atoms with Crippen LogP contribution in [0.25, 0.3) is 0 Å². The number of aromatic nitrogens is 2. The quantitative estimate of drug-likeness (QED) is 0.788. The van der Waals surface area contributed by atoms with Crippen LogP contribution in [0.15, 0.2) is 22.9 Å². The standard InChI is InChI=1S/C17H23N5OS/c1-13-11-15(22-8-3-2-4-9-22)21-17(20-13)19-7-6-18-16(23)14-5-10-24-12-14/h5,10-12H,2-4,6-9H2,1H3,(H,18,23)(H,19,20,21). The van der Waals surface area contributed by atoms with Crippen LogP contribution >= 0.6 is 11.3 Å². The van der Waals surface area contributed by atoms with Gasteiger partial charge in [0.2, 0.25) is 5.95 Å². The lowest BCUT2D eigenvalue weighted by Crippen LogP contribution is -2.31. The maximum Gasteiger partial charge on any atom is 0.252 e. The van der Waals surface area contributed by atoms with Crippen molar-refractivity contribution in [2.24, 2.45) is 0 Å². The number of amides is 1. The lowest BCUT2D eigenvalue weighted by atomic mass is 10.1. The number of hydrogen-bond acceptors (Lipinski definition) is 6. The van der Waals surface area contributed by atoms with Gasteiger partial charge in [0.05, 0.1) is 0 Å². The molecule has 7 heteroatoms. The molecular formula is C17H23N5OS. The maximum absolute atomic E-state index is 11.9. The SMILES string of the molecule is Cc1cc(N2CCCCC2)nc(NCCNC(=O)c2ccsc2)n1. The van der Waals surface area contributed by atoms with Gasteiger partial charge in [-0.25, -0.2) is 4.98 Å². The van der Waals surface area contributed by atoms with Gasteiger partial charge < -0.3 is 15.5 Å². The zero-order chi connectivity index (χ0) is 16.8. The average Bonchev–Trinajstić information content (AvgIpc) is 3.14. The van der Waals surface area contributed by atoms with E-state index in [1.165, 1.54) is 30.6 Å². The van der Waals surface area contributed by atoms with Crippen LogP contribution in [0.4, 0.5) is 11.8 Å². The first kappa shape index (κ1) is 16.7. The van der Waals surface area contributed by atoms with E-state index >= 15 is 0 Å². The molecule has 1 fully saturated rings. The normalized spacial score (nSPS) is 14.5. The van der Waals surface area contributed by atoms with Gasteiger partial charge >= 0.3 is 0 Å². The lowest BCUT2D eigenvalue weighted by molar-refractivity contribution is 0.0955. The number of piperidine rings is 1. The summed E-state index contributed by atoms with van der Waals surface area (Å²) in [6, 6.07) is 3.86. The van der Waals surface area contributed by atoms with Crippen LogP contribution < -0.4 is 15.5 Å². The molecule has 6 nitrogen and oxygen atoms in total. The minimum absolute atomic E-state index is 0.0442. The van der Waals surface area contributed by atoms with E-state index in [2.05, 4.69) is 25.5 Å². The molecule has 0 aromatic carbocycles. The Kier molecular flexibility index (Phi) is 5.63. The number of aryl methyl sites for hydroxylation is 1. The number of carbonyl (C=O) groups excluding carboxylic acids is 1. The summed E-state index contributed by atoms with van der Waals surface area (Å²) in [4.78, 5) is 23.2. The summed E-state index contributed by atoms with van der Waals surface area (Å²) in [5.74, 6) is 1.57. The number of rotatable bonds is 6. The topological polar surface area (TPSA) is 70.2 Å². The molecule has 1 amide bonds. The van der Waals surface area contributed by atoms with E-state index in [9.17, 15) is 4.79 Å². The molecule has 0 radical (unpaired) electrons. The highest BCUT2D eigenvalue weighted by molar-refractivity contribution is 7.08. The van der Waals surface area contributed by atoms with E-state index in [0.29, 0.717) is 24.6 Å². The van der Waals surface area contributed by atoms with Crippen molar-refractivity contribution in [2.75, 3.05) is 36.4 Å². The van der Waals surface area contributed by atoms with Crippen LogP contribution in [0.3, 0.4) is 0 Å². The number of hydrogen-bond donors (Lipinski definition) is 2. The molecule has 128 valence electrons. The van der Waals surface area contributed by atoms with Gasteiger partial charge in [-0.3, -0.25) is 4.79 Å². The van der Waals surface area contributed by atoms with Gasteiger partial charge in [-0.1, -0.05) is 0 Å². The maximum atomic E-state index is 11.9. The third-order valence-corrected chi connectivity index (χ3v) is 4.68. The van der Waals surface area contributed by atoms with Crippen molar-refractivity contribution in [3.63, 3.8) is 0 Å². The zero-order valence-corrected chi connectivity index (χ0v) is 14.7. The Morgan fingerprint density at radius 2 is 2.08 bits per heavy atom. The Balaban J connectivity index is 1.51. The van der Waals surface area contributed by atoms with Gasteiger partial charge in [0.1, 0.15) is 5.82 Å². The highest BCUT2D eigenvalue weighted by Gasteiger charge is 2.13. The van der Waals surface area contributed by atoms with Gasteiger partial charge in [-0.2, -0.15) is 16.3 Å². The van der Waals surface area contributed by atoms with E-state index in [1.54, 1.807) is 0 Å². The van der Waals surface area contributed by atoms with E-state index in [1.807, 2.05) is 29.8 Å². The van der Waals surface area contributed by atoms with Crippen LogP contribution in [-0.4, -0.2) is 42.1 Å². The number of thiophene rings is 1. The summed E-state index contributed by atoms with van der Waals surface area (Å²) in [6.45, 7) is 5.24. The molecule has 2 N–H and O–H groups in total. The lowest BCUT2D eigenvalue weighted by Gasteiger charge is -2.28. The molecule has 0 unspecified atom stereocenters. The molecule has 24 heavy (non-hydrogen) atoms. The minimum Gasteiger partial charge on any atom is -0.356 e. The Morgan fingerprint density at radius 3 is 2.83 bits per heavy atom. The van der Waals surface area contributed by atoms with Gasteiger partial charge in [-0.05, 0) is 37.6 Å². The second-order valence-corrected chi connectivity index (χ2v) is 6.71. The summed E-state index contributed by atoms with van der Waals surface area (Å²) in [5.41, 5.74) is 1.66. The molecule has 0 spiro atoms. The van der Waals surface area contributed by atoms with Gasteiger partial charge in [0.15, 0.2) is 0 Å². The molecule has 2 aromatic heterocycles. The largest absolute Gasteiger partial charge is 0.356 e. The van der Waals surface area contributed by atoms with Crippen molar-refractivity contribution in [3.8, 4) is 0 Å². The van der Waals surface area contributed by atoms with Crippen molar-refractivity contribution >= 4 is 29.0 Å². The highest BCUT2D eigenvalue weighted by atomic mass is 32.1. The number of anilines is 2. The molecule has 3 rings (SSSR count). The summed E-state index contributed by atoms with van der Waals surface area (Å²) < 4.78 is 0. The summed E-state index contributed by atoms with van der Waals surface area (Å²) in [7, 11) is 0. The second-order valence-electron chi connectivity index (χ2n) is 5.93. The smallest absolute Gasteiger partial charge is 0.252 e. The molecule has 0 atom stereocenters. The highest BCUT2D eigenvalue weighted by Crippen LogP contribution is 2.19. The van der Waals surface area contributed by atoms with E-state index < -0.39 is 0 Å². The fourth-order valence-electron chi connectivity index (χ4n) is 2.76. The first-order valence-electron chi connectivity index (χ1n) is 8.37. The fourth-order valence-corrected chi connectivity index (χ4v) is 3.40. The summed E-state index contributed by atoms with van der Waals surface area (Å²) in [6.07, 6.45) is 3.75. The number of nitrogens with one attached hydrogen (secondary N) is 2. The molecular weight excluding hydrogens is 322 g/mol. The van der Waals surface area contributed by atoms with E-state index in [-0.39, 0.29) is 5.91 Å². The van der Waals surface area contributed by atoms with Gasteiger partial charge in [0.25, 0.3) is 5.91 Å². The number of carbonyl (C=O) groups is 1. The number of nitrogens with zero attached hydrogens (tertiary/aromatic N) is 3. The van der Waals surface area contributed by atoms with Crippen molar-refractivity contribution in [3.05, 3.63) is 34.2 Å². The third-order valence-electron chi connectivity index (χ3n) is 4.00. The first-order valence-corrected chi connectivity index (χ1v) is 9.31. The molecule has 0 saturated carbocycles. The molecule has 3 heterocycles. The summed E-state index contributed by atoms with van der Waals surface area (Å²) in [5, 5.41) is 9.84. The van der Waals surface area contributed by atoms with Crippen molar-refractivity contribution in [1.82, 2.24) is 15.3 Å².